The van der Waals surface area contributed by atoms with E-state index in [9.17, 15) is 9.59 Å². The fourth-order valence-electron chi connectivity index (χ4n) is 5.35. The van der Waals surface area contributed by atoms with Crippen molar-refractivity contribution in [2.45, 2.75) is 45.1 Å². The van der Waals surface area contributed by atoms with Crippen molar-refractivity contribution in [3.63, 3.8) is 0 Å². The van der Waals surface area contributed by atoms with E-state index in [1.807, 2.05) is 54.3 Å². The number of aromatic amines is 1. The number of nitrogens with one attached hydrogen (secondary N) is 2. The Morgan fingerprint density at radius 3 is 2.69 bits per heavy atom. The first kappa shape index (κ1) is 20.6. The van der Waals surface area contributed by atoms with Crippen molar-refractivity contribution in [2.75, 3.05) is 24.5 Å². The van der Waals surface area contributed by atoms with Crippen molar-refractivity contribution in [1.82, 2.24) is 15.2 Å². The van der Waals surface area contributed by atoms with Gasteiger partial charge in [-0.25, -0.2) is 4.79 Å². The second kappa shape index (κ2) is 8.01. The van der Waals surface area contributed by atoms with E-state index in [0.29, 0.717) is 26.1 Å². The summed E-state index contributed by atoms with van der Waals surface area (Å²) in [5.41, 5.74) is 3.61. The van der Waals surface area contributed by atoms with Crippen molar-refractivity contribution in [3.05, 3.63) is 65.4 Å². The van der Waals surface area contributed by atoms with Gasteiger partial charge in [0.25, 0.3) is 5.91 Å². The van der Waals surface area contributed by atoms with Crippen LogP contribution in [-0.4, -0.2) is 41.5 Å². The molecule has 2 N–H and O–H groups in total. The van der Waals surface area contributed by atoms with Gasteiger partial charge in [-0.1, -0.05) is 56.7 Å². The summed E-state index contributed by atoms with van der Waals surface area (Å²) in [6.45, 7) is 5.88. The largest absolute Gasteiger partial charge is 0.355 e. The number of rotatable bonds is 5. The maximum absolute atomic E-state index is 14.4. The molecule has 1 atom stereocenters. The average molecular weight is 431 g/mol. The van der Waals surface area contributed by atoms with Gasteiger partial charge in [0.05, 0.1) is 11.4 Å². The predicted octanol–water partition coefficient (Wildman–Crippen LogP) is 4.54. The minimum absolute atomic E-state index is 0.0358. The normalized spacial score (nSPS) is 19.5. The molecule has 0 bridgehead atoms. The molecule has 32 heavy (non-hydrogen) atoms. The first-order valence-corrected chi connectivity index (χ1v) is 11.7. The molecule has 1 spiro atoms. The van der Waals surface area contributed by atoms with Crippen molar-refractivity contribution in [1.29, 1.82) is 0 Å². The third-order valence-corrected chi connectivity index (χ3v) is 6.81. The molecule has 0 aliphatic carbocycles. The number of benzene rings is 2. The maximum Gasteiger partial charge on any atom is 0.318 e. The van der Waals surface area contributed by atoms with Gasteiger partial charge in [0.15, 0.2) is 5.54 Å². The lowest BCUT2D eigenvalue weighted by Gasteiger charge is -2.43. The Balaban J connectivity index is 1.77. The van der Waals surface area contributed by atoms with Crippen LogP contribution in [0.1, 0.15) is 49.9 Å². The van der Waals surface area contributed by atoms with E-state index in [4.69, 9.17) is 0 Å². The molecule has 0 saturated heterocycles. The summed E-state index contributed by atoms with van der Waals surface area (Å²) in [5.74, 6) is -0.0358. The van der Waals surface area contributed by atoms with Crippen LogP contribution < -0.4 is 10.2 Å². The summed E-state index contributed by atoms with van der Waals surface area (Å²) >= 11 is 0. The van der Waals surface area contributed by atoms with Gasteiger partial charge in [-0.2, -0.15) is 0 Å². The van der Waals surface area contributed by atoms with Crippen molar-refractivity contribution in [3.8, 4) is 0 Å². The number of H-pyrrole nitrogens is 1. The molecular formula is C26H30N4O2. The second-order valence-electron chi connectivity index (χ2n) is 8.70. The predicted molar refractivity (Wildman–Crippen MR) is 127 cm³/mol. The number of carbonyl (C=O) groups excluding carboxylic acids is 2. The van der Waals surface area contributed by atoms with E-state index >= 15 is 0 Å². The third-order valence-electron chi connectivity index (χ3n) is 6.81. The highest BCUT2D eigenvalue weighted by Gasteiger charge is 2.60. The number of urea groups is 1. The third kappa shape index (κ3) is 2.78. The van der Waals surface area contributed by atoms with Crippen LogP contribution in [0.3, 0.4) is 0 Å². The lowest BCUT2D eigenvalue weighted by Crippen LogP contribution is -2.61. The second-order valence-corrected chi connectivity index (χ2v) is 8.70. The Bertz CT molecular complexity index is 1180. The van der Waals surface area contributed by atoms with E-state index in [1.54, 1.807) is 4.90 Å². The van der Waals surface area contributed by atoms with Gasteiger partial charge in [-0.3, -0.25) is 4.79 Å². The van der Waals surface area contributed by atoms with Crippen molar-refractivity contribution in [2.24, 2.45) is 0 Å². The first-order valence-electron chi connectivity index (χ1n) is 11.7. The maximum atomic E-state index is 14.4. The van der Waals surface area contributed by atoms with Gasteiger partial charge in [0.2, 0.25) is 0 Å². The molecule has 2 aliphatic rings. The minimum Gasteiger partial charge on any atom is -0.355 e. The number of aromatic nitrogens is 1. The molecule has 166 valence electrons. The van der Waals surface area contributed by atoms with Gasteiger partial charge < -0.3 is 20.1 Å². The molecule has 0 fully saturated rings. The fourth-order valence-corrected chi connectivity index (χ4v) is 5.35. The number of amides is 3. The molecule has 0 saturated carbocycles. The number of unbranched alkanes of at least 4 members (excludes halogenated alkanes) is 1. The van der Waals surface area contributed by atoms with Gasteiger partial charge in [-0.15, -0.1) is 0 Å². The standard InChI is InChI=1S/C26H30N4O2/c1-3-5-16-29-22-13-9-7-11-20(22)26(24(29)31)23-19(18-10-6-8-12-21(18)28-23)14-17-30(26)25(32)27-15-4-2/h6-13,28H,3-5,14-17H2,1-2H3,(H,27,32)/t26-/m1/s1. The highest BCUT2D eigenvalue weighted by molar-refractivity contribution is 6.12. The summed E-state index contributed by atoms with van der Waals surface area (Å²) in [6, 6.07) is 16.0. The van der Waals surface area contributed by atoms with Crippen LogP contribution in [0.15, 0.2) is 48.5 Å². The zero-order chi connectivity index (χ0) is 22.3. The number of nitrogens with zero attached hydrogens (tertiary/aromatic N) is 2. The summed E-state index contributed by atoms with van der Waals surface area (Å²) in [4.78, 5) is 35.0. The molecular weight excluding hydrogens is 400 g/mol. The Hall–Kier alpha value is -3.28. The van der Waals surface area contributed by atoms with E-state index in [0.717, 1.165) is 52.7 Å². The zero-order valence-electron chi connectivity index (χ0n) is 18.8. The van der Waals surface area contributed by atoms with E-state index in [-0.39, 0.29) is 11.9 Å². The van der Waals surface area contributed by atoms with Crippen LogP contribution in [-0.2, 0) is 16.8 Å². The number of anilines is 1. The molecule has 6 nitrogen and oxygen atoms in total. The van der Waals surface area contributed by atoms with Gasteiger partial charge in [-0.05, 0) is 37.0 Å². The number of carbonyl (C=O) groups is 2. The zero-order valence-corrected chi connectivity index (χ0v) is 18.8. The summed E-state index contributed by atoms with van der Waals surface area (Å²) in [6.07, 6.45) is 3.47. The number of para-hydroxylation sites is 2. The smallest absolute Gasteiger partial charge is 0.318 e. The molecule has 3 aromatic rings. The highest BCUT2D eigenvalue weighted by Crippen LogP contribution is 2.52. The molecule has 0 radical (unpaired) electrons. The van der Waals surface area contributed by atoms with Crippen LogP contribution in [0.5, 0.6) is 0 Å². The highest BCUT2D eigenvalue weighted by atomic mass is 16.2. The van der Waals surface area contributed by atoms with E-state index in [1.165, 1.54) is 0 Å². The molecule has 2 aromatic carbocycles. The van der Waals surface area contributed by atoms with Gasteiger partial charge in [0, 0.05) is 36.1 Å². The fraction of sp³-hybridized carbons (Fsp3) is 0.385. The monoisotopic (exact) mass is 430 g/mol. The summed E-state index contributed by atoms with van der Waals surface area (Å²) in [7, 11) is 0. The lowest BCUT2D eigenvalue weighted by atomic mass is 9.80. The molecule has 1 aromatic heterocycles. The first-order chi connectivity index (χ1) is 15.6. The molecule has 5 rings (SSSR count). The Morgan fingerprint density at radius 1 is 1.09 bits per heavy atom. The quantitative estimate of drug-likeness (QED) is 0.624. The van der Waals surface area contributed by atoms with Crippen LogP contribution >= 0.6 is 0 Å². The van der Waals surface area contributed by atoms with Crippen LogP contribution in [0, 0.1) is 0 Å². The SMILES string of the molecule is CCCCN1C(=O)[C@@]2(c3ccccc31)c1[nH]c3ccccc3c1CCN2C(=O)NCCC. The van der Waals surface area contributed by atoms with Crippen LogP contribution in [0.25, 0.3) is 10.9 Å². The van der Waals surface area contributed by atoms with Crippen molar-refractivity contribution >= 4 is 28.5 Å². The summed E-state index contributed by atoms with van der Waals surface area (Å²) in [5, 5.41) is 4.16. The number of hydrogen-bond acceptors (Lipinski definition) is 2. The Labute approximate surface area is 188 Å². The lowest BCUT2D eigenvalue weighted by molar-refractivity contribution is -0.126. The van der Waals surface area contributed by atoms with Crippen molar-refractivity contribution < 1.29 is 9.59 Å². The molecule has 2 aliphatic heterocycles. The topological polar surface area (TPSA) is 68.4 Å². The molecule has 3 amide bonds. The minimum atomic E-state index is -1.17. The van der Waals surface area contributed by atoms with Gasteiger partial charge in [0.1, 0.15) is 0 Å². The van der Waals surface area contributed by atoms with E-state index < -0.39 is 5.54 Å². The summed E-state index contributed by atoms with van der Waals surface area (Å²) < 4.78 is 0. The average Bonchev–Trinajstić information content (AvgIpc) is 3.31. The molecule has 0 unspecified atom stereocenters. The Morgan fingerprint density at radius 2 is 1.88 bits per heavy atom. The number of hydrogen-bond donors (Lipinski definition) is 2. The van der Waals surface area contributed by atoms with Crippen LogP contribution in [0.4, 0.5) is 10.5 Å². The Kier molecular flexibility index (Phi) is 5.16. The molecule has 3 heterocycles. The number of fused-ring (bicyclic) bond motifs is 6. The van der Waals surface area contributed by atoms with Gasteiger partial charge >= 0.3 is 6.03 Å². The molecule has 6 heteroatoms. The van der Waals surface area contributed by atoms with E-state index in [2.05, 4.69) is 23.3 Å². The van der Waals surface area contributed by atoms with Crippen LogP contribution in [0.2, 0.25) is 0 Å².